The Balaban J connectivity index is 1.69. The Hall–Kier alpha value is -1.34. The average Bonchev–Trinajstić information content (AvgIpc) is 3.11. The molecule has 4 N–H and O–H groups in total. The number of aliphatic imine (C=N–C) groups is 1. The van der Waals surface area contributed by atoms with Gasteiger partial charge >= 0.3 is 0 Å². The summed E-state index contributed by atoms with van der Waals surface area (Å²) in [6.07, 6.45) is 5.60. The van der Waals surface area contributed by atoms with Crippen LogP contribution in [0.5, 0.6) is 0 Å². The van der Waals surface area contributed by atoms with E-state index in [2.05, 4.69) is 34.3 Å². The van der Waals surface area contributed by atoms with Crippen molar-refractivity contribution in [2.24, 2.45) is 16.6 Å². The normalized spacial score (nSPS) is 25.4. The molecule has 0 saturated carbocycles. The highest BCUT2D eigenvalue weighted by Crippen LogP contribution is 2.17. The standard InChI is InChI=1S/C19H38N6O/c1-3-21-19(23-14-17-9-6-13-25(17)4-2)22-10-7-12-24-11-5-8-16(15-24)18(20)26/h16-17H,3-15H2,1-2H3,(H2,20,26)(H2,21,22,23). The lowest BCUT2D eigenvalue weighted by atomic mass is 9.97. The van der Waals surface area contributed by atoms with Crippen LogP contribution in [0.2, 0.25) is 0 Å². The number of primary amides is 1. The number of carbonyl (C=O) groups is 1. The molecular weight excluding hydrogens is 328 g/mol. The quantitative estimate of drug-likeness (QED) is 0.316. The molecule has 150 valence electrons. The average molecular weight is 367 g/mol. The predicted octanol–water partition coefficient (Wildman–Crippen LogP) is 0.613. The first kappa shape index (κ1) is 21.0. The van der Waals surface area contributed by atoms with Crippen molar-refractivity contribution < 1.29 is 4.79 Å². The van der Waals surface area contributed by atoms with Crippen molar-refractivity contribution in [1.29, 1.82) is 0 Å². The molecule has 7 heteroatoms. The van der Waals surface area contributed by atoms with Gasteiger partial charge in [0.2, 0.25) is 5.91 Å². The fourth-order valence-electron chi connectivity index (χ4n) is 4.06. The minimum Gasteiger partial charge on any atom is -0.369 e. The van der Waals surface area contributed by atoms with Crippen molar-refractivity contribution in [3.63, 3.8) is 0 Å². The smallest absolute Gasteiger partial charge is 0.221 e. The molecule has 0 bridgehead atoms. The van der Waals surface area contributed by atoms with Gasteiger partial charge in [0, 0.05) is 25.7 Å². The zero-order valence-corrected chi connectivity index (χ0v) is 16.7. The number of hydrogen-bond donors (Lipinski definition) is 3. The summed E-state index contributed by atoms with van der Waals surface area (Å²) in [5.74, 6) is 0.801. The second kappa shape index (κ2) is 11.4. The first-order valence-electron chi connectivity index (χ1n) is 10.4. The lowest BCUT2D eigenvalue weighted by Crippen LogP contribution is -2.43. The van der Waals surface area contributed by atoms with E-state index in [0.29, 0.717) is 6.04 Å². The van der Waals surface area contributed by atoms with E-state index in [1.807, 2.05) is 0 Å². The molecule has 0 spiro atoms. The molecule has 0 aliphatic carbocycles. The van der Waals surface area contributed by atoms with E-state index in [4.69, 9.17) is 10.7 Å². The van der Waals surface area contributed by atoms with Gasteiger partial charge in [-0.1, -0.05) is 6.92 Å². The van der Waals surface area contributed by atoms with Gasteiger partial charge in [0.15, 0.2) is 5.96 Å². The number of rotatable bonds is 9. The van der Waals surface area contributed by atoms with Crippen molar-refractivity contribution in [3.05, 3.63) is 0 Å². The SMILES string of the molecule is CCNC(=NCC1CCCN1CC)NCCCN1CCCC(C(N)=O)C1. The number of likely N-dealkylation sites (tertiary alicyclic amines) is 2. The van der Waals surface area contributed by atoms with Gasteiger partial charge in [-0.3, -0.25) is 14.7 Å². The summed E-state index contributed by atoms with van der Waals surface area (Å²) in [4.78, 5) is 21.1. The number of carbonyl (C=O) groups excluding carboxylic acids is 1. The summed E-state index contributed by atoms with van der Waals surface area (Å²) in [5, 5.41) is 6.80. The van der Waals surface area contributed by atoms with Crippen molar-refractivity contribution >= 4 is 11.9 Å². The maximum Gasteiger partial charge on any atom is 0.221 e. The number of nitrogens with one attached hydrogen (secondary N) is 2. The van der Waals surface area contributed by atoms with Gasteiger partial charge in [-0.25, -0.2) is 0 Å². The fourth-order valence-corrected chi connectivity index (χ4v) is 4.06. The molecular formula is C19H38N6O. The van der Waals surface area contributed by atoms with E-state index in [1.165, 1.54) is 19.4 Å². The summed E-state index contributed by atoms with van der Waals surface area (Å²) < 4.78 is 0. The largest absolute Gasteiger partial charge is 0.369 e. The van der Waals surface area contributed by atoms with E-state index in [9.17, 15) is 4.79 Å². The molecule has 0 aromatic rings. The van der Waals surface area contributed by atoms with Crippen LogP contribution in [0, 0.1) is 5.92 Å². The molecule has 2 rings (SSSR count). The van der Waals surface area contributed by atoms with Gasteiger partial charge in [0.25, 0.3) is 0 Å². The maximum atomic E-state index is 11.4. The van der Waals surface area contributed by atoms with E-state index < -0.39 is 0 Å². The summed E-state index contributed by atoms with van der Waals surface area (Å²) in [5.41, 5.74) is 5.46. The third-order valence-corrected chi connectivity index (χ3v) is 5.56. The van der Waals surface area contributed by atoms with Crippen LogP contribution in [0.3, 0.4) is 0 Å². The maximum absolute atomic E-state index is 11.4. The van der Waals surface area contributed by atoms with Gasteiger partial charge in [-0.05, 0) is 65.2 Å². The lowest BCUT2D eigenvalue weighted by molar-refractivity contribution is -0.123. The van der Waals surface area contributed by atoms with Crippen LogP contribution in [0.25, 0.3) is 0 Å². The second-order valence-electron chi connectivity index (χ2n) is 7.47. The molecule has 2 fully saturated rings. The number of hydrogen-bond acceptors (Lipinski definition) is 4. The Bertz CT molecular complexity index is 455. The van der Waals surface area contributed by atoms with Crippen LogP contribution in [0.4, 0.5) is 0 Å². The van der Waals surface area contributed by atoms with Crippen LogP contribution in [0.15, 0.2) is 4.99 Å². The first-order valence-corrected chi connectivity index (χ1v) is 10.4. The number of piperidine rings is 1. The number of likely N-dealkylation sites (N-methyl/N-ethyl adjacent to an activating group) is 1. The number of nitrogens with zero attached hydrogens (tertiary/aromatic N) is 3. The van der Waals surface area contributed by atoms with Crippen LogP contribution in [0.1, 0.15) is 46.0 Å². The monoisotopic (exact) mass is 366 g/mol. The van der Waals surface area contributed by atoms with Crippen molar-refractivity contribution in [3.8, 4) is 0 Å². The van der Waals surface area contributed by atoms with Crippen LogP contribution in [-0.4, -0.2) is 80.1 Å². The highest BCUT2D eigenvalue weighted by Gasteiger charge is 2.24. The molecule has 2 heterocycles. The van der Waals surface area contributed by atoms with Crippen molar-refractivity contribution in [1.82, 2.24) is 20.4 Å². The highest BCUT2D eigenvalue weighted by molar-refractivity contribution is 5.79. The molecule has 2 aliphatic rings. The van der Waals surface area contributed by atoms with E-state index in [-0.39, 0.29) is 11.8 Å². The van der Waals surface area contributed by atoms with Crippen LogP contribution >= 0.6 is 0 Å². The molecule has 7 nitrogen and oxygen atoms in total. The second-order valence-corrected chi connectivity index (χ2v) is 7.47. The third-order valence-electron chi connectivity index (χ3n) is 5.56. The molecule has 2 aliphatic heterocycles. The van der Waals surface area contributed by atoms with Gasteiger partial charge < -0.3 is 21.3 Å². The third kappa shape index (κ3) is 6.76. The summed E-state index contributed by atoms with van der Waals surface area (Å²) in [6.45, 7) is 12.2. The Kier molecular flexibility index (Phi) is 9.18. The molecule has 0 aromatic heterocycles. The van der Waals surface area contributed by atoms with Crippen LogP contribution < -0.4 is 16.4 Å². The van der Waals surface area contributed by atoms with Gasteiger partial charge in [0.05, 0.1) is 12.5 Å². The van der Waals surface area contributed by atoms with E-state index in [1.54, 1.807) is 0 Å². The molecule has 26 heavy (non-hydrogen) atoms. The van der Waals surface area contributed by atoms with Crippen LogP contribution in [-0.2, 0) is 4.79 Å². The lowest BCUT2D eigenvalue weighted by Gasteiger charge is -2.31. The molecule has 0 radical (unpaired) electrons. The minimum absolute atomic E-state index is 0.0310. The number of guanidine groups is 1. The van der Waals surface area contributed by atoms with Crippen molar-refractivity contribution in [2.45, 2.75) is 52.0 Å². The van der Waals surface area contributed by atoms with Gasteiger partial charge in [0.1, 0.15) is 0 Å². The zero-order valence-electron chi connectivity index (χ0n) is 16.7. The summed E-state index contributed by atoms with van der Waals surface area (Å²) >= 11 is 0. The first-order chi connectivity index (χ1) is 12.6. The summed E-state index contributed by atoms with van der Waals surface area (Å²) in [6, 6.07) is 0.592. The summed E-state index contributed by atoms with van der Waals surface area (Å²) in [7, 11) is 0. The van der Waals surface area contributed by atoms with Gasteiger partial charge in [-0.2, -0.15) is 0 Å². The number of amides is 1. The Morgan fingerprint density at radius 1 is 1.19 bits per heavy atom. The highest BCUT2D eigenvalue weighted by atomic mass is 16.1. The zero-order chi connectivity index (χ0) is 18.8. The minimum atomic E-state index is -0.151. The molecule has 2 saturated heterocycles. The van der Waals surface area contributed by atoms with Gasteiger partial charge in [-0.15, -0.1) is 0 Å². The molecule has 2 atom stereocenters. The Labute approximate surface area is 158 Å². The molecule has 2 unspecified atom stereocenters. The molecule has 0 aromatic carbocycles. The van der Waals surface area contributed by atoms with Crippen molar-refractivity contribution in [2.75, 3.05) is 52.4 Å². The molecule has 1 amide bonds. The number of nitrogens with two attached hydrogens (primary N) is 1. The van der Waals surface area contributed by atoms with E-state index in [0.717, 1.165) is 71.0 Å². The Morgan fingerprint density at radius 3 is 2.73 bits per heavy atom. The van der Waals surface area contributed by atoms with E-state index >= 15 is 0 Å². The predicted molar refractivity (Wildman–Crippen MR) is 107 cm³/mol. The Morgan fingerprint density at radius 2 is 2.00 bits per heavy atom. The topological polar surface area (TPSA) is 86.0 Å². The fraction of sp³-hybridized carbons (Fsp3) is 0.895.